The van der Waals surface area contributed by atoms with Crippen molar-refractivity contribution in [2.24, 2.45) is 11.8 Å². The fraction of sp³-hybridized carbons (Fsp3) is 0.565. The van der Waals surface area contributed by atoms with Crippen molar-refractivity contribution in [2.45, 2.75) is 72.1 Å². The zero-order chi connectivity index (χ0) is 24.6. The molecule has 0 spiro atoms. The van der Waals surface area contributed by atoms with Crippen LogP contribution >= 0.6 is 0 Å². The topological polar surface area (TPSA) is 142 Å². The molecule has 2 amide bonds. The third kappa shape index (κ3) is 9.36. The van der Waals surface area contributed by atoms with Crippen molar-refractivity contribution in [1.82, 2.24) is 10.6 Å². The molecule has 9 heteroatoms. The first-order valence-electron chi connectivity index (χ1n) is 10.5. The van der Waals surface area contributed by atoms with Crippen molar-refractivity contribution in [2.75, 3.05) is 0 Å². The van der Waals surface area contributed by atoms with Gasteiger partial charge in [-0.15, -0.1) is 0 Å². The van der Waals surface area contributed by atoms with Gasteiger partial charge >= 0.3 is 12.1 Å². The summed E-state index contributed by atoms with van der Waals surface area (Å²) in [4.78, 5) is 49.1. The fourth-order valence-electron chi connectivity index (χ4n) is 2.92. The molecule has 1 aromatic carbocycles. The lowest BCUT2D eigenvalue weighted by molar-refractivity contribution is -0.143. The SMILES string of the molecule is CC(C)[C@H](NC(=O)[C@H](Cc1ccc(O)cc1)NC(=O)OC(C)(C)C)C(=O)C[C@@H](C)C(=O)O. The minimum absolute atomic E-state index is 0.0628. The number of ether oxygens (including phenoxy) is 1. The summed E-state index contributed by atoms with van der Waals surface area (Å²) in [6.45, 7) is 9.99. The first-order chi connectivity index (χ1) is 14.7. The molecule has 0 aliphatic rings. The molecule has 0 saturated heterocycles. The molecule has 0 radical (unpaired) electrons. The number of carbonyl (C=O) groups is 4. The minimum Gasteiger partial charge on any atom is -0.508 e. The number of carboxylic acids is 1. The minimum atomic E-state index is -1.09. The molecule has 1 aromatic rings. The molecule has 32 heavy (non-hydrogen) atoms. The lowest BCUT2D eigenvalue weighted by Gasteiger charge is -2.27. The van der Waals surface area contributed by atoms with Crippen molar-refractivity contribution >= 4 is 23.8 Å². The summed E-state index contributed by atoms with van der Waals surface area (Å²) in [7, 11) is 0. The third-order valence-electron chi connectivity index (χ3n) is 4.62. The third-order valence-corrected chi connectivity index (χ3v) is 4.62. The maximum atomic E-state index is 13.1. The van der Waals surface area contributed by atoms with E-state index in [0.717, 1.165) is 0 Å². The molecule has 1 rings (SSSR count). The lowest BCUT2D eigenvalue weighted by atomic mass is 9.92. The van der Waals surface area contributed by atoms with E-state index in [1.165, 1.54) is 19.1 Å². The van der Waals surface area contributed by atoms with Crippen LogP contribution in [-0.2, 0) is 25.5 Å². The first kappa shape index (κ1) is 26.9. The zero-order valence-electron chi connectivity index (χ0n) is 19.5. The van der Waals surface area contributed by atoms with Crippen LogP contribution in [0.5, 0.6) is 5.75 Å². The van der Waals surface area contributed by atoms with E-state index in [1.54, 1.807) is 46.8 Å². The van der Waals surface area contributed by atoms with Crippen LogP contribution in [0.4, 0.5) is 4.79 Å². The number of phenolic OH excluding ortho intramolecular Hbond substituents is 1. The van der Waals surface area contributed by atoms with Gasteiger partial charge < -0.3 is 25.6 Å². The second-order valence-electron chi connectivity index (χ2n) is 9.21. The van der Waals surface area contributed by atoms with Crippen molar-refractivity contribution < 1.29 is 34.1 Å². The Morgan fingerprint density at radius 2 is 1.56 bits per heavy atom. The highest BCUT2D eigenvalue weighted by Crippen LogP contribution is 2.15. The van der Waals surface area contributed by atoms with Crippen molar-refractivity contribution in [3.8, 4) is 5.75 Å². The van der Waals surface area contributed by atoms with E-state index in [-0.39, 0.29) is 24.5 Å². The number of alkyl carbamates (subject to hydrolysis) is 1. The van der Waals surface area contributed by atoms with Gasteiger partial charge in [-0.2, -0.15) is 0 Å². The van der Waals surface area contributed by atoms with Crippen LogP contribution in [-0.4, -0.2) is 51.7 Å². The average Bonchev–Trinajstić information content (AvgIpc) is 2.65. The van der Waals surface area contributed by atoms with Crippen LogP contribution in [0.1, 0.15) is 53.5 Å². The number of rotatable bonds is 10. The van der Waals surface area contributed by atoms with Crippen LogP contribution in [0.15, 0.2) is 24.3 Å². The number of nitrogens with one attached hydrogen (secondary N) is 2. The molecule has 0 aromatic heterocycles. The first-order valence-corrected chi connectivity index (χ1v) is 10.5. The Hall–Kier alpha value is -3.10. The molecular weight excluding hydrogens is 416 g/mol. The van der Waals surface area contributed by atoms with Crippen LogP contribution in [0.2, 0.25) is 0 Å². The highest BCUT2D eigenvalue weighted by atomic mass is 16.6. The largest absolute Gasteiger partial charge is 0.508 e. The van der Waals surface area contributed by atoms with Gasteiger partial charge in [0.25, 0.3) is 0 Å². The fourth-order valence-corrected chi connectivity index (χ4v) is 2.92. The molecule has 4 N–H and O–H groups in total. The van der Waals surface area contributed by atoms with Crippen LogP contribution in [0.3, 0.4) is 0 Å². The van der Waals surface area contributed by atoms with Gasteiger partial charge in [0.05, 0.1) is 12.0 Å². The zero-order valence-corrected chi connectivity index (χ0v) is 19.5. The van der Waals surface area contributed by atoms with E-state index in [2.05, 4.69) is 10.6 Å². The summed E-state index contributed by atoms with van der Waals surface area (Å²) in [5, 5.41) is 23.8. The van der Waals surface area contributed by atoms with Crippen LogP contribution in [0, 0.1) is 11.8 Å². The molecule has 0 bridgehead atoms. The molecule has 0 saturated carbocycles. The normalized spacial score (nSPS) is 14.2. The van der Waals surface area contributed by atoms with Gasteiger partial charge in [-0.25, -0.2) is 4.79 Å². The Balaban J connectivity index is 3.04. The van der Waals surface area contributed by atoms with E-state index in [4.69, 9.17) is 9.84 Å². The quantitative estimate of drug-likeness (QED) is 0.429. The number of aliphatic carboxylic acids is 1. The summed E-state index contributed by atoms with van der Waals surface area (Å²) in [5.41, 5.74) is -0.0986. The molecule has 9 nitrogen and oxygen atoms in total. The number of ketones is 1. The Labute approximate surface area is 188 Å². The monoisotopic (exact) mass is 450 g/mol. The second kappa shape index (κ2) is 11.5. The molecule has 178 valence electrons. The number of hydrogen-bond acceptors (Lipinski definition) is 6. The molecule has 0 aliphatic carbocycles. The Bertz CT molecular complexity index is 813. The van der Waals surface area contributed by atoms with Gasteiger partial charge in [-0.1, -0.05) is 32.9 Å². The van der Waals surface area contributed by atoms with Crippen molar-refractivity contribution in [3.63, 3.8) is 0 Å². The lowest BCUT2D eigenvalue weighted by Crippen LogP contribution is -2.54. The van der Waals surface area contributed by atoms with E-state index >= 15 is 0 Å². The van der Waals surface area contributed by atoms with Gasteiger partial charge in [0.1, 0.15) is 17.4 Å². The van der Waals surface area contributed by atoms with Crippen molar-refractivity contribution in [1.29, 1.82) is 0 Å². The maximum absolute atomic E-state index is 13.1. The molecule has 0 fully saturated rings. The number of aromatic hydroxyl groups is 1. The average molecular weight is 451 g/mol. The summed E-state index contributed by atoms with van der Waals surface area (Å²) in [6, 6.07) is 4.20. The number of phenols is 1. The van der Waals surface area contributed by atoms with E-state index in [1.807, 2.05) is 0 Å². The standard InChI is InChI=1S/C23H34N2O7/c1-13(2)19(18(27)11-14(3)21(29)30)25-20(28)17(24-22(31)32-23(4,5)6)12-15-7-9-16(26)10-8-15/h7-10,13-14,17,19,26H,11-12H2,1-6H3,(H,24,31)(H,25,28)(H,29,30)/t14-,17+,19+/m1/s1. The van der Waals surface area contributed by atoms with Gasteiger partial charge in [0.15, 0.2) is 5.78 Å². The Morgan fingerprint density at radius 1 is 1.00 bits per heavy atom. The van der Waals surface area contributed by atoms with E-state index in [0.29, 0.717) is 5.56 Å². The number of hydrogen-bond donors (Lipinski definition) is 4. The molecule has 0 unspecified atom stereocenters. The smallest absolute Gasteiger partial charge is 0.408 e. The molecular formula is C23H34N2O7. The summed E-state index contributed by atoms with van der Waals surface area (Å²) in [5.74, 6) is -3.20. The number of amides is 2. The van der Waals surface area contributed by atoms with E-state index < -0.39 is 47.4 Å². The number of benzene rings is 1. The van der Waals surface area contributed by atoms with Crippen LogP contribution < -0.4 is 10.6 Å². The highest BCUT2D eigenvalue weighted by Gasteiger charge is 2.31. The van der Waals surface area contributed by atoms with Crippen molar-refractivity contribution in [3.05, 3.63) is 29.8 Å². The summed E-state index contributed by atoms with van der Waals surface area (Å²) in [6.07, 6.45) is -0.917. The van der Waals surface area contributed by atoms with Gasteiger partial charge in [-0.3, -0.25) is 14.4 Å². The highest BCUT2D eigenvalue weighted by molar-refractivity contribution is 5.93. The molecule has 3 atom stereocenters. The number of carbonyl (C=O) groups excluding carboxylic acids is 3. The Morgan fingerprint density at radius 3 is 2.03 bits per heavy atom. The number of carboxylic acid groups (broad SMARTS) is 1. The maximum Gasteiger partial charge on any atom is 0.408 e. The second-order valence-corrected chi connectivity index (χ2v) is 9.21. The molecule has 0 aliphatic heterocycles. The van der Waals surface area contributed by atoms with Crippen LogP contribution in [0.25, 0.3) is 0 Å². The molecule has 0 heterocycles. The summed E-state index contributed by atoms with van der Waals surface area (Å²) < 4.78 is 5.25. The Kier molecular flexibility index (Phi) is 9.68. The predicted octanol–water partition coefficient (Wildman–Crippen LogP) is 2.65. The van der Waals surface area contributed by atoms with Gasteiger partial charge in [-0.05, 0) is 44.4 Å². The number of Topliss-reactive ketones (excluding diaryl/α,β-unsaturated/α-hetero) is 1. The van der Waals surface area contributed by atoms with Gasteiger partial charge in [0, 0.05) is 12.8 Å². The van der Waals surface area contributed by atoms with Gasteiger partial charge in [0.2, 0.25) is 5.91 Å². The van der Waals surface area contributed by atoms with E-state index in [9.17, 15) is 24.3 Å². The summed E-state index contributed by atoms with van der Waals surface area (Å²) >= 11 is 0. The predicted molar refractivity (Wildman–Crippen MR) is 118 cm³/mol.